The topological polar surface area (TPSA) is 99.6 Å². The molecule has 1 N–H and O–H groups in total. The Labute approximate surface area is 269 Å². The number of likely N-dealkylation sites (tertiary alicyclic amines) is 1. The van der Waals surface area contributed by atoms with Crippen molar-refractivity contribution >= 4 is 39.9 Å². The minimum Gasteiger partial charge on any atom is -0.494 e. The van der Waals surface area contributed by atoms with E-state index in [1.165, 1.54) is 4.90 Å². The van der Waals surface area contributed by atoms with Gasteiger partial charge in [0.1, 0.15) is 17.4 Å². The summed E-state index contributed by atoms with van der Waals surface area (Å²) in [5.74, 6) is -1.91. The van der Waals surface area contributed by atoms with Crippen LogP contribution in [0.25, 0.3) is 10.8 Å². The Hall–Kier alpha value is -4.47. The molecule has 3 heterocycles. The molecule has 3 saturated heterocycles. The van der Waals surface area contributed by atoms with Crippen LogP contribution in [-0.4, -0.2) is 77.8 Å². The van der Waals surface area contributed by atoms with Crippen molar-refractivity contribution in [2.45, 2.75) is 50.5 Å². The predicted octanol–water partition coefficient (Wildman–Crippen LogP) is 4.73. The maximum atomic E-state index is 14.8. The number of aliphatic hydroxyl groups excluding tert-OH is 1. The van der Waals surface area contributed by atoms with E-state index >= 15 is 0 Å². The molecule has 46 heavy (non-hydrogen) atoms. The molecule has 0 aromatic heterocycles. The Kier molecular flexibility index (Phi) is 8.72. The van der Waals surface area contributed by atoms with E-state index in [2.05, 4.69) is 13.2 Å². The fourth-order valence-electron chi connectivity index (χ4n) is 7.68. The maximum absolute atomic E-state index is 14.8. The van der Waals surface area contributed by atoms with Gasteiger partial charge in [-0.25, -0.2) is 0 Å². The van der Waals surface area contributed by atoms with Gasteiger partial charge in [0.15, 0.2) is 0 Å². The number of amides is 3. The molecule has 2 bridgehead atoms. The number of carbonyl (C=O) groups is 3. The zero-order valence-electron chi connectivity index (χ0n) is 26.4. The van der Waals surface area contributed by atoms with Crippen LogP contribution in [0.3, 0.4) is 0 Å². The number of rotatable bonds is 12. The molecule has 3 amide bonds. The molecule has 0 saturated carbocycles. The summed E-state index contributed by atoms with van der Waals surface area (Å²) < 4.78 is 12.3. The van der Waals surface area contributed by atoms with Gasteiger partial charge in [0, 0.05) is 24.5 Å². The molecule has 0 aliphatic carbocycles. The quantitative estimate of drug-likeness (QED) is 0.293. The Morgan fingerprint density at radius 2 is 1.67 bits per heavy atom. The van der Waals surface area contributed by atoms with Crippen molar-refractivity contribution < 1.29 is 29.0 Å². The minimum atomic E-state index is -1.21. The van der Waals surface area contributed by atoms with E-state index in [1.807, 2.05) is 73.7 Å². The normalized spacial score (nSPS) is 25.3. The second-order valence-electron chi connectivity index (χ2n) is 12.3. The second kappa shape index (κ2) is 12.7. The first-order chi connectivity index (χ1) is 22.3. The van der Waals surface area contributed by atoms with Crippen molar-refractivity contribution in [2.75, 3.05) is 36.1 Å². The maximum Gasteiger partial charge on any atom is 0.253 e. The molecular weight excluding hydrogens is 582 g/mol. The van der Waals surface area contributed by atoms with Gasteiger partial charge in [-0.05, 0) is 73.9 Å². The summed E-state index contributed by atoms with van der Waals surface area (Å²) in [7, 11) is 0. The molecule has 0 radical (unpaired) electrons. The number of benzene rings is 3. The average Bonchev–Trinajstić information content (AvgIpc) is 3.73. The third-order valence-corrected chi connectivity index (χ3v) is 9.66. The number of ether oxygens (including phenoxy) is 2. The van der Waals surface area contributed by atoms with Gasteiger partial charge in [0.05, 0.1) is 37.2 Å². The average molecular weight is 624 g/mol. The molecular formula is C37H41N3O6. The van der Waals surface area contributed by atoms with Crippen LogP contribution in [0.2, 0.25) is 0 Å². The van der Waals surface area contributed by atoms with E-state index in [0.717, 1.165) is 10.8 Å². The first kappa shape index (κ1) is 31.5. The standard InChI is InChI=1S/C37H41N3O6/c1-5-20-38(27-14-16-29(17-15-27)45-7-3)34(42)31-30-18-19-37(46-30)32(31)35(43)40(24(4)23-41)33(37)36(44)39(21-6-2)28-13-12-25-10-8-9-11-26(25)22-28/h5-6,8-17,22,24,30-33,41H,1-2,7,18-21,23H2,3-4H3/t24-,30-,31+,32+,33?,37?/m1/s1. The highest BCUT2D eigenvalue weighted by Gasteiger charge is 2.75. The van der Waals surface area contributed by atoms with Crippen LogP contribution < -0.4 is 14.5 Å². The van der Waals surface area contributed by atoms with Gasteiger partial charge in [-0.3, -0.25) is 14.4 Å². The van der Waals surface area contributed by atoms with E-state index in [0.29, 0.717) is 36.6 Å². The number of carbonyl (C=O) groups excluding carboxylic acids is 3. The van der Waals surface area contributed by atoms with Crippen molar-refractivity contribution in [3.8, 4) is 5.75 Å². The summed E-state index contributed by atoms with van der Waals surface area (Å²) in [5, 5.41) is 12.3. The molecule has 6 atom stereocenters. The third-order valence-electron chi connectivity index (χ3n) is 9.66. The fraction of sp³-hybridized carbons (Fsp3) is 0.378. The number of nitrogens with zero attached hydrogens (tertiary/aromatic N) is 3. The van der Waals surface area contributed by atoms with E-state index in [1.54, 1.807) is 28.9 Å². The van der Waals surface area contributed by atoms with Gasteiger partial charge in [0.25, 0.3) is 5.91 Å². The Balaban J connectivity index is 1.39. The molecule has 9 nitrogen and oxygen atoms in total. The summed E-state index contributed by atoms with van der Waals surface area (Å²) in [6, 6.07) is 19.3. The Bertz CT molecular complexity index is 1660. The number of fused-ring (bicyclic) bond motifs is 2. The molecule has 6 rings (SSSR count). The third kappa shape index (κ3) is 5.08. The largest absolute Gasteiger partial charge is 0.494 e. The molecule has 3 aliphatic heterocycles. The first-order valence-corrected chi connectivity index (χ1v) is 16.0. The molecule has 9 heteroatoms. The second-order valence-corrected chi connectivity index (χ2v) is 12.3. The van der Waals surface area contributed by atoms with Crippen molar-refractivity contribution in [2.24, 2.45) is 11.8 Å². The lowest BCUT2D eigenvalue weighted by Crippen LogP contribution is -2.58. The van der Waals surface area contributed by atoms with Crippen LogP contribution in [0, 0.1) is 11.8 Å². The fourth-order valence-corrected chi connectivity index (χ4v) is 7.68. The SMILES string of the molecule is C=CCN(C(=O)C1N([C@H](C)CO)C(=O)[C@@H]2[C@@H](C(=O)N(CC=C)c3ccc(OCC)cc3)[C@H]3CCC12O3)c1ccc2ccccc2c1. The molecule has 3 aromatic carbocycles. The number of aliphatic hydroxyl groups is 1. The van der Waals surface area contributed by atoms with Crippen LogP contribution in [-0.2, 0) is 19.1 Å². The highest BCUT2D eigenvalue weighted by Crippen LogP contribution is 2.59. The van der Waals surface area contributed by atoms with Gasteiger partial charge in [-0.1, -0.05) is 42.5 Å². The van der Waals surface area contributed by atoms with Crippen LogP contribution in [0.1, 0.15) is 26.7 Å². The number of anilines is 2. The summed E-state index contributed by atoms with van der Waals surface area (Å²) in [6.45, 7) is 12.0. The van der Waals surface area contributed by atoms with Gasteiger partial charge in [-0.15, -0.1) is 13.2 Å². The lowest BCUT2D eigenvalue weighted by atomic mass is 9.70. The van der Waals surface area contributed by atoms with Gasteiger partial charge < -0.3 is 29.3 Å². The lowest BCUT2D eigenvalue weighted by molar-refractivity contribution is -0.143. The zero-order chi connectivity index (χ0) is 32.6. The summed E-state index contributed by atoms with van der Waals surface area (Å²) >= 11 is 0. The van der Waals surface area contributed by atoms with Crippen molar-refractivity contribution in [3.05, 3.63) is 92.0 Å². The number of hydrogen-bond acceptors (Lipinski definition) is 6. The summed E-state index contributed by atoms with van der Waals surface area (Å²) in [4.78, 5) is 48.4. The van der Waals surface area contributed by atoms with Crippen molar-refractivity contribution in [1.29, 1.82) is 0 Å². The Morgan fingerprint density at radius 3 is 2.33 bits per heavy atom. The predicted molar refractivity (Wildman–Crippen MR) is 178 cm³/mol. The molecule has 3 aliphatic rings. The zero-order valence-corrected chi connectivity index (χ0v) is 26.4. The highest BCUT2D eigenvalue weighted by molar-refractivity contribution is 6.07. The smallest absolute Gasteiger partial charge is 0.253 e. The van der Waals surface area contributed by atoms with Crippen molar-refractivity contribution in [3.63, 3.8) is 0 Å². The Morgan fingerprint density at radius 1 is 1.02 bits per heavy atom. The monoisotopic (exact) mass is 623 g/mol. The lowest BCUT2D eigenvalue weighted by Gasteiger charge is -2.38. The van der Waals surface area contributed by atoms with E-state index in [4.69, 9.17) is 9.47 Å². The summed E-state index contributed by atoms with van der Waals surface area (Å²) in [6.07, 6.45) is 3.77. The van der Waals surface area contributed by atoms with E-state index in [9.17, 15) is 19.5 Å². The summed E-state index contributed by atoms with van der Waals surface area (Å²) in [5.41, 5.74) is 0.106. The van der Waals surface area contributed by atoms with E-state index < -0.39 is 35.6 Å². The van der Waals surface area contributed by atoms with Crippen LogP contribution in [0.15, 0.2) is 92.0 Å². The van der Waals surface area contributed by atoms with Gasteiger partial charge in [-0.2, -0.15) is 0 Å². The van der Waals surface area contributed by atoms with Gasteiger partial charge >= 0.3 is 0 Å². The molecule has 3 aromatic rings. The molecule has 1 spiro atoms. The molecule has 2 unspecified atom stereocenters. The molecule has 3 fully saturated rings. The van der Waals surface area contributed by atoms with Crippen LogP contribution >= 0.6 is 0 Å². The molecule has 240 valence electrons. The number of hydrogen-bond donors (Lipinski definition) is 1. The van der Waals surface area contributed by atoms with E-state index in [-0.39, 0.29) is 37.4 Å². The van der Waals surface area contributed by atoms with Crippen LogP contribution in [0.5, 0.6) is 5.75 Å². The highest BCUT2D eigenvalue weighted by atomic mass is 16.5. The first-order valence-electron chi connectivity index (χ1n) is 16.0. The van der Waals surface area contributed by atoms with Crippen LogP contribution in [0.4, 0.5) is 11.4 Å². The van der Waals surface area contributed by atoms with Gasteiger partial charge in [0.2, 0.25) is 11.8 Å². The van der Waals surface area contributed by atoms with Crippen molar-refractivity contribution in [1.82, 2.24) is 4.90 Å². The minimum absolute atomic E-state index is 0.209.